The average molecular weight is 574 g/mol. The molecule has 9 nitrogen and oxygen atoms in total. The fraction of sp³-hybridized carbons (Fsp3) is 0.600. The molecule has 4 rings (SSSR count). The lowest BCUT2D eigenvalue weighted by molar-refractivity contribution is -0.162. The van der Waals surface area contributed by atoms with E-state index < -0.39 is 11.6 Å². The van der Waals surface area contributed by atoms with Crippen LogP contribution in [0.3, 0.4) is 0 Å². The van der Waals surface area contributed by atoms with Gasteiger partial charge in [-0.15, -0.1) is 12.4 Å². The number of hydrogen-bond acceptors (Lipinski definition) is 6. The van der Waals surface area contributed by atoms with Gasteiger partial charge < -0.3 is 15.0 Å². The molecule has 0 aliphatic carbocycles. The van der Waals surface area contributed by atoms with Gasteiger partial charge in [0.05, 0.1) is 24.4 Å². The smallest absolute Gasteiger partial charge is 0.337 e. The number of benzene rings is 1. The number of halogens is 1. The van der Waals surface area contributed by atoms with E-state index in [1.807, 2.05) is 30.9 Å². The van der Waals surface area contributed by atoms with Crippen LogP contribution in [0.2, 0.25) is 0 Å². The normalized spacial score (nSPS) is 19.9. The van der Waals surface area contributed by atoms with E-state index in [0.717, 1.165) is 35.4 Å². The monoisotopic (exact) mass is 573 g/mol. The first-order valence-electron chi connectivity index (χ1n) is 14.2. The number of hydrogen-bond donors (Lipinski definition) is 2. The highest BCUT2D eigenvalue weighted by molar-refractivity contribution is 6.00. The van der Waals surface area contributed by atoms with Gasteiger partial charge in [0.1, 0.15) is 11.6 Å². The van der Waals surface area contributed by atoms with E-state index in [1.165, 1.54) is 7.11 Å². The number of aryl methyl sites for hydroxylation is 2. The maximum atomic E-state index is 13.7. The second-order valence-electron chi connectivity index (χ2n) is 11.4. The summed E-state index contributed by atoms with van der Waals surface area (Å²) in [5.74, 6) is -0.0135. The fourth-order valence-electron chi connectivity index (χ4n) is 6.24. The molecule has 220 valence electrons. The number of rotatable bonds is 9. The number of esters is 1. The van der Waals surface area contributed by atoms with Gasteiger partial charge in [0.2, 0.25) is 11.8 Å². The number of nitrogens with zero attached hydrogens (tertiary/aromatic N) is 3. The van der Waals surface area contributed by atoms with Gasteiger partial charge >= 0.3 is 5.97 Å². The molecule has 2 saturated heterocycles. The van der Waals surface area contributed by atoms with Crippen LogP contribution in [0.5, 0.6) is 0 Å². The van der Waals surface area contributed by atoms with E-state index in [1.54, 1.807) is 12.1 Å². The van der Waals surface area contributed by atoms with Gasteiger partial charge in [0.15, 0.2) is 0 Å². The van der Waals surface area contributed by atoms with Crippen LogP contribution in [-0.4, -0.2) is 76.1 Å². The Morgan fingerprint density at radius 3 is 2.33 bits per heavy atom. The molecule has 2 aliphatic heterocycles. The summed E-state index contributed by atoms with van der Waals surface area (Å²) < 4.78 is 4.88. The van der Waals surface area contributed by atoms with Crippen molar-refractivity contribution in [2.75, 3.05) is 26.7 Å². The first kappa shape index (κ1) is 31.6. The second kappa shape index (κ2) is 13.2. The van der Waals surface area contributed by atoms with Gasteiger partial charge in [-0.2, -0.15) is 5.10 Å². The Labute approximate surface area is 243 Å². The van der Waals surface area contributed by atoms with Crippen molar-refractivity contribution >= 4 is 30.2 Å². The van der Waals surface area contributed by atoms with E-state index in [2.05, 4.69) is 41.2 Å². The predicted octanol–water partition coefficient (Wildman–Crippen LogP) is 4.33. The lowest BCUT2D eigenvalue weighted by Crippen LogP contribution is -2.73. The molecule has 1 aromatic carbocycles. The zero-order valence-corrected chi connectivity index (χ0v) is 25.4. The van der Waals surface area contributed by atoms with Crippen LogP contribution < -0.4 is 5.32 Å². The van der Waals surface area contributed by atoms with E-state index in [4.69, 9.17) is 4.74 Å². The van der Waals surface area contributed by atoms with Crippen LogP contribution in [0.25, 0.3) is 0 Å². The van der Waals surface area contributed by atoms with Crippen molar-refractivity contribution in [2.24, 2.45) is 5.92 Å². The zero-order valence-electron chi connectivity index (χ0n) is 24.6. The van der Waals surface area contributed by atoms with Gasteiger partial charge in [-0.3, -0.25) is 19.6 Å². The molecule has 2 atom stereocenters. The Kier molecular flexibility index (Phi) is 10.4. The van der Waals surface area contributed by atoms with Crippen LogP contribution in [0.4, 0.5) is 0 Å². The van der Waals surface area contributed by atoms with E-state index in [-0.39, 0.29) is 36.2 Å². The highest BCUT2D eigenvalue weighted by Crippen LogP contribution is 2.40. The number of amides is 2. The van der Waals surface area contributed by atoms with E-state index in [0.29, 0.717) is 50.4 Å². The summed E-state index contributed by atoms with van der Waals surface area (Å²) in [7, 11) is 1.38. The van der Waals surface area contributed by atoms with Crippen molar-refractivity contribution in [1.29, 1.82) is 0 Å². The summed E-state index contributed by atoms with van der Waals surface area (Å²) in [6.45, 7) is 12.2. The average Bonchev–Trinajstić information content (AvgIpc) is 3.25. The zero-order chi connectivity index (χ0) is 28.3. The number of carbonyl (C=O) groups excluding carboxylic acids is 3. The van der Waals surface area contributed by atoms with Crippen LogP contribution in [-0.2, 0) is 14.3 Å². The molecule has 10 heteroatoms. The molecule has 1 aromatic heterocycles. The van der Waals surface area contributed by atoms with Gasteiger partial charge in [-0.1, -0.05) is 39.3 Å². The van der Waals surface area contributed by atoms with E-state index in [9.17, 15) is 14.4 Å². The number of piperazine rings is 1. The number of methoxy groups -OCH3 is 1. The second-order valence-corrected chi connectivity index (χ2v) is 11.4. The Hall–Kier alpha value is -2.91. The molecule has 0 radical (unpaired) electrons. The highest BCUT2D eigenvalue weighted by Gasteiger charge is 2.54. The number of piperidine rings is 1. The molecular weight excluding hydrogens is 530 g/mol. The summed E-state index contributed by atoms with van der Waals surface area (Å²) in [5, 5.41) is 10.7. The van der Waals surface area contributed by atoms with E-state index >= 15 is 0 Å². The quantitative estimate of drug-likeness (QED) is 0.432. The lowest BCUT2D eigenvalue weighted by atomic mass is 9.79. The number of ether oxygens (including phenoxy) is 1. The van der Waals surface area contributed by atoms with Gasteiger partial charge in [-0.25, -0.2) is 4.79 Å². The third-order valence-electron chi connectivity index (χ3n) is 8.35. The van der Waals surface area contributed by atoms with Crippen LogP contribution >= 0.6 is 12.4 Å². The number of aromatic amines is 1. The van der Waals surface area contributed by atoms with Crippen molar-refractivity contribution < 1.29 is 19.1 Å². The Morgan fingerprint density at radius 2 is 1.80 bits per heavy atom. The van der Waals surface area contributed by atoms with Crippen LogP contribution in [0, 0.1) is 19.8 Å². The topological polar surface area (TPSA) is 108 Å². The summed E-state index contributed by atoms with van der Waals surface area (Å²) >= 11 is 0. The summed E-state index contributed by atoms with van der Waals surface area (Å²) in [6.07, 6.45) is 3.62. The maximum absolute atomic E-state index is 13.7. The minimum atomic E-state index is -0.823. The molecular formula is C30H44ClN5O4. The number of carbonyl (C=O) groups is 3. The number of nitrogens with one attached hydrogen (secondary N) is 2. The SMILES string of the molecule is CCCCN1C(=O)[C@H](CC(C)C)NC(=O)C12CCN(C(c1ccc(C(=O)OC)cc1)c1c(C)n[nH]c1C)CC2.Cl. The van der Waals surface area contributed by atoms with Crippen molar-refractivity contribution in [1.82, 2.24) is 25.3 Å². The number of H-pyrrole nitrogens is 1. The Morgan fingerprint density at radius 1 is 1.15 bits per heavy atom. The number of aromatic nitrogens is 2. The minimum absolute atomic E-state index is 0. The van der Waals surface area contributed by atoms with Gasteiger partial charge in [-0.05, 0) is 63.1 Å². The molecule has 0 bridgehead atoms. The molecule has 1 unspecified atom stereocenters. The largest absolute Gasteiger partial charge is 0.465 e. The van der Waals surface area contributed by atoms with Crippen molar-refractivity contribution in [3.8, 4) is 0 Å². The summed E-state index contributed by atoms with van der Waals surface area (Å²) in [6, 6.07) is 6.96. The molecule has 2 amide bonds. The predicted molar refractivity (Wildman–Crippen MR) is 156 cm³/mol. The molecule has 2 N–H and O–H groups in total. The summed E-state index contributed by atoms with van der Waals surface area (Å²) in [4.78, 5) is 43.7. The molecule has 3 heterocycles. The molecule has 40 heavy (non-hydrogen) atoms. The molecule has 1 spiro atoms. The Balaban J connectivity index is 0.00000441. The van der Waals surface area contributed by atoms with Crippen LogP contribution in [0.15, 0.2) is 24.3 Å². The van der Waals surface area contributed by atoms with Crippen molar-refractivity contribution in [3.63, 3.8) is 0 Å². The fourth-order valence-corrected chi connectivity index (χ4v) is 6.24. The Bertz CT molecular complexity index is 1170. The van der Waals surface area contributed by atoms with Crippen molar-refractivity contribution in [3.05, 3.63) is 52.3 Å². The molecule has 2 aliphatic rings. The first-order chi connectivity index (χ1) is 18.6. The van der Waals surface area contributed by atoms with Gasteiger partial charge in [0, 0.05) is 30.9 Å². The van der Waals surface area contributed by atoms with Crippen LogP contribution in [0.1, 0.15) is 91.8 Å². The molecule has 0 saturated carbocycles. The molecule has 2 fully saturated rings. The first-order valence-corrected chi connectivity index (χ1v) is 14.2. The standard InChI is InChI=1S/C30H43N5O4.ClH/c1-7-8-15-35-27(36)24(18-19(2)3)31-29(38)30(35)13-16-34(17-14-30)26(25-20(4)32-33-21(25)5)22-9-11-23(12-10-22)28(37)39-6;/h9-12,19,24,26H,7-8,13-18H2,1-6H3,(H,31,38)(H,32,33);1H/t24-,26?;/m0./s1. The molecule has 2 aromatic rings. The highest BCUT2D eigenvalue weighted by atomic mass is 35.5. The third kappa shape index (κ3) is 6.05. The lowest BCUT2D eigenvalue weighted by Gasteiger charge is -2.52. The van der Waals surface area contributed by atoms with Crippen molar-refractivity contribution in [2.45, 2.75) is 84.3 Å². The number of likely N-dealkylation sites (tertiary alicyclic amines) is 1. The minimum Gasteiger partial charge on any atom is -0.465 e. The van der Waals surface area contributed by atoms with Gasteiger partial charge in [0.25, 0.3) is 0 Å². The third-order valence-corrected chi connectivity index (χ3v) is 8.35. The number of unbranched alkanes of at least 4 members (excludes halogenated alkanes) is 1. The summed E-state index contributed by atoms with van der Waals surface area (Å²) in [5.41, 5.74) is 3.72. The maximum Gasteiger partial charge on any atom is 0.337 e.